The molecule has 0 unspecified atom stereocenters. The molecule has 30 heavy (non-hydrogen) atoms. The fourth-order valence-corrected chi connectivity index (χ4v) is 3.08. The molecule has 0 saturated carbocycles. The first-order valence-electron chi connectivity index (χ1n) is 9.58. The van der Waals surface area contributed by atoms with Crippen LogP contribution in [0, 0.1) is 18.3 Å². The maximum atomic E-state index is 12.2. The Morgan fingerprint density at radius 3 is 2.67 bits per heavy atom. The molecule has 3 rings (SSSR count). The third-order valence-electron chi connectivity index (χ3n) is 4.68. The van der Waals surface area contributed by atoms with E-state index in [0.717, 1.165) is 24.1 Å². The summed E-state index contributed by atoms with van der Waals surface area (Å²) >= 11 is 0. The number of benzene rings is 1. The minimum atomic E-state index is -0.189. The lowest BCUT2D eigenvalue weighted by molar-refractivity contribution is 0.0952. The number of hydrogen-bond acceptors (Lipinski definition) is 6. The van der Waals surface area contributed by atoms with Gasteiger partial charge >= 0.3 is 0 Å². The highest BCUT2D eigenvalue weighted by Crippen LogP contribution is 2.32. The Kier molecular flexibility index (Phi) is 6.45. The largest absolute Gasteiger partial charge is 0.493 e. The molecule has 2 aromatic heterocycles. The van der Waals surface area contributed by atoms with Crippen molar-refractivity contribution in [3.8, 4) is 28.9 Å². The lowest BCUT2D eigenvalue weighted by Crippen LogP contribution is -2.27. The van der Waals surface area contributed by atoms with E-state index >= 15 is 0 Å². The molecule has 0 aliphatic carbocycles. The third-order valence-corrected chi connectivity index (χ3v) is 4.68. The van der Waals surface area contributed by atoms with Crippen LogP contribution in [0.4, 0.5) is 0 Å². The predicted octanol–water partition coefficient (Wildman–Crippen LogP) is 2.50. The molecular weight excluding hydrogens is 380 g/mol. The van der Waals surface area contributed by atoms with Crippen LogP contribution in [0.15, 0.2) is 42.7 Å². The first-order chi connectivity index (χ1) is 14.4. The first-order valence-corrected chi connectivity index (χ1v) is 9.58. The molecule has 1 aromatic carbocycles. The van der Waals surface area contributed by atoms with Crippen LogP contribution in [0.25, 0.3) is 16.9 Å². The molecule has 0 aliphatic heterocycles. The van der Waals surface area contributed by atoms with Gasteiger partial charge in [0.05, 0.1) is 29.0 Å². The van der Waals surface area contributed by atoms with Gasteiger partial charge in [0.2, 0.25) is 5.88 Å². The summed E-state index contributed by atoms with van der Waals surface area (Å²) < 4.78 is 1.31. The molecule has 0 fully saturated rings. The van der Waals surface area contributed by atoms with Crippen molar-refractivity contribution >= 4 is 5.91 Å². The van der Waals surface area contributed by atoms with Gasteiger partial charge in [-0.25, -0.2) is 4.98 Å². The van der Waals surface area contributed by atoms with Gasteiger partial charge in [-0.2, -0.15) is 15.0 Å². The zero-order valence-corrected chi connectivity index (χ0v) is 17.3. The highest BCUT2D eigenvalue weighted by molar-refractivity contribution is 5.93. The van der Waals surface area contributed by atoms with Crippen molar-refractivity contribution in [2.24, 2.45) is 0 Å². The highest BCUT2D eigenvalue weighted by Gasteiger charge is 2.16. The molecule has 0 radical (unpaired) electrons. The summed E-state index contributed by atoms with van der Waals surface area (Å²) in [4.78, 5) is 18.6. The van der Waals surface area contributed by atoms with E-state index in [4.69, 9.17) is 5.26 Å². The molecule has 2 heterocycles. The van der Waals surface area contributed by atoms with Gasteiger partial charge in [0.25, 0.3) is 5.91 Å². The fraction of sp³-hybridized carbons (Fsp3) is 0.273. The van der Waals surface area contributed by atoms with Crippen molar-refractivity contribution in [3.63, 3.8) is 0 Å². The maximum absolute atomic E-state index is 12.2. The Bertz CT molecular complexity index is 1080. The molecule has 0 spiro atoms. The van der Waals surface area contributed by atoms with Crippen molar-refractivity contribution in [3.05, 3.63) is 59.4 Å². The number of nitrogens with zero attached hydrogens (tertiary/aromatic N) is 5. The van der Waals surface area contributed by atoms with Crippen LogP contribution in [0.2, 0.25) is 0 Å². The Morgan fingerprint density at radius 2 is 2.03 bits per heavy atom. The van der Waals surface area contributed by atoms with E-state index in [2.05, 4.69) is 26.4 Å². The quantitative estimate of drug-likeness (QED) is 0.586. The number of rotatable bonds is 7. The topological polar surface area (TPSA) is 107 Å². The smallest absolute Gasteiger partial charge is 0.252 e. The second-order valence-electron chi connectivity index (χ2n) is 7.25. The van der Waals surface area contributed by atoms with Crippen LogP contribution in [-0.2, 0) is 0 Å². The molecule has 0 aliphatic rings. The summed E-state index contributed by atoms with van der Waals surface area (Å²) in [5.74, 6) is 0.150. The summed E-state index contributed by atoms with van der Waals surface area (Å²) in [6.45, 7) is 3.36. The normalized spacial score (nSPS) is 10.8. The monoisotopic (exact) mass is 404 g/mol. The van der Waals surface area contributed by atoms with Crippen LogP contribution >= 0.6 is 0 Å². The van der Waals surface area contributed by atoms with E-state index in [1.807, 2.05) is 21.0 Å². The van der Waals surface area contributed by atoms with Crippen LogP contribution < -0.4 is 5.32 Å². The molecule has 3 aromatic rings. The van der Waals surface area contributed by atoms with Gasteiger partial charge in [0.15, 0.2) is 5.82 Å². The molecule has 2 N–H and O–H groups in total. The SMILES string of the molecule is Cc1cc(C#N)ccc1-c1cnn(-c2ccc(C(=O)NCCCN(C)C)cn2)c1O. The van der Waals surface area contributed by atoms with Crippen LogP contribution in [-0.4, -0.2) is 57.9 Å². The standard InChI is InChI=1S/C22H24N6O2/c1-15-11-16(12-23)5-7-18(15)19-14-26-28(22(19)30)20-8-6-17(13-25-20)21(29)24-9-4-10-27(2)3/h5-8,11,13-14,30H,4,9-10H2,1-3H3,(H,24,29). The zero-order chi connectivity index (χ0) is 21.7. The third kappa shape index (κ3) is 4.64. The maximum Gasteiger partial charge on any atom is 0.252 e. The van der Waals surface area contributed by atoms with Gasteiger partial charge in [-0.05, 0) is 69.4 Å². The number of aromatic nitrogens is 3. The Labute approximate surface area is 175 Å². The number of nitriles is 1. The summed E-state index contributed by atoms with van der Waals surface area (Å²) in [6, 6.07) is 10.6. The van der Waals surface area contributed by atoms with Gasteiger partial charge in [0, 0.05) is 12.7 Å². The molecule has 1 amide bonds. The van der Waals surface area contributed by atoms with Crippen molar-refractivity contribution in [2.45, 2.75) is 13.3 Å². The number of aromatic hydroxyl groups is 1. The van der Waals surface area contributed by atoms with Crippen molar-refractivity contribution in [2.75, 3.05) is 27.2 Å². The fourth-order valence-electron chi connectivity index (χ4n) is 3.08. The zero-order valence-electron chi connectivity index (χ0n) is 17.3. The van der Waals surface area contributed by atoms with Crippen molar-refractivity contribution < 1.29 is 9.90 Å². The number of hydrogen-bond donors (Lipinski definition) is 2. The summed E-state index contributed by atoms with van der Waals surface area (Å²) in [6.07, 6.45) is 3.88. The van der Waals surface area contributed by atoms with Gasteiger partial charge < -0.3 is 15.3 Å². The number of carbonyl (C=O) groups is 1. The Hall–Kier alpha value is -3.70. The Balaban J connectivity index is 1.75. The molecule has 0 bridgehead atoms. The van der Waals surface area contributed by atoms with Gasteiger partial charge in [-0.15, -0.1) is 0 Å². The number of nitrogens with one attached hydrogen (secondary N) is 1. The van der Waals surface area contributed by atoms with Crippen LogP contribution in [0.3, 0.4) is 0 Å². The molecule has 0 atom stereocenters. The summed E-state index contributed by atoms with van der Waals surface area (Å²) in [5, 5.41) is 26.8. The van der Waals surface area contributed by atoms with E-state index < -0.39 is 0 Å². The second kappa shape index (κ2) is 9.20. The van der Waals surface area contributed by atoms with E-state index in [9.17, 15) is 9.90 Å². The van der Waals surface area contributed by atoms with E-state index in [0.29, 0.717) is 29.1 Å². The van der Waals surface area contributed by atoms with Gasteiger partial charge in [-0.1, -0.05) is 6.07 Å². The van der Waals surface area contributed by atoms with E-state index in [1.54, 1.807) is 36.5 Å². The highest BCUT2D eigenvalue weighted by atomic mass is 16.3. The van der Waals surface area contributed by atoms with Crippen molar-refractivity contribution in [1.29, 1.82) is 5.26 Å². The van der Waals surface area contributed by atoms with Crippen LogP contribution in [0.1, 0.15) is 27.9 Å². The minimum Gasteiger partial charge on any atom is -0.493 e. The average molecular weight is 404 g/mol. The minimum absolute atomic E-state index is 0.0591. The number of aryl methyl sites for hydroxylation is 1. The molecule has 154 valence electrons. The molecule has 0 saturated heterocycles. The molecule has 8 nitrogen and oxygen atoms in total. The number of pyridine rings is 1. The average Bonchev–Trinajstić information content (AvgIpc) is 3.12. The second-order valence-corrected chi connectivity index (χ2v) is 7.25. The van der Waals surface area contributed by atoms with E-state index in [-0.39, 0.29) is 11.8 Å². The lowest BCUT2D eigenvalue weighted by atomic mass is 10.0. The summed E-state index contributed by atoms with van der Waals surface area (Å²) in [5.41, 5.74) is 3.19. The van der Waals surface area contributed by atoms with E-state index in [1.165, 1.54) is 10.9 Å². The lowest BCUT2D eigenvalue weighted by Gasteiger charge is -2.10. The first kappa shape index (κ1) is 21.0. The number of amides is 1. The Morgan fingerprint density at radius 1 is 1.23 bits per heavy atom. The summed E-state index contributed by atoms with van der Waals surface area (Å²) in [7, 11) is 3.98. The molecular formula is C22H24N6O2. The predicted molar refractivity (Wildman–Crippen MR) is 113 cm³/mol. The van der Waals surface area contributed by atoms with Crippen LogP contribution in [0.5, 0.6) is 5.88 Å². The van der Waals surface area contributed by atoms with Crippen molar-refractivity contribution in [1.82, 2.24) is 25.0 Å². The molecule has 8 heteroatoms. The van der Waals surface area contributed by atoms with Gasteiger partial charge in [0.1, 0.15) is 0 Å². The number of carbonyl (C=O) groups excluding carboxylic acids is 1. The van der Waals surface area contributed by atoms with Gasteiger partial charge in [-0.3, -0.25) is 4.79 Å².